The van der Waals surface area contributed by atoms with E-state index in [0.29, 0.717) is 17.1 Å². The second-order valence-electron chi connectivity index (χ2n) is 5.77. The summed E-state index contributed by atoms with van der Waals surface area (Å²) in [4.78, 5) is 4.27. The minimum atomic E-state index is -3.75. The predicted molar refractivity (Wildman–Crippen MR) is 96.3 cm³/mol. The van der Waals surface area contributed by atoms with Gasteiger partial charge in [-0.2, -0.15) is 4.98 Å². The van der Waals surface area contributed by atoms with Crippen LogP contribution in [0.4, 0.5) is 4.39 Å². The fraction of sp³-hybridized carbons (Fsp3) is 0.222. The lowest BCUT2D eigenvalue weighted by atomic mass is 10.2. The highest BCUT2D eigenvalue weighted by molar-refractivity contribution is 7.89. The van der Waals surface area contributed by atoms with Crippen molar-refractivity contribution < 1.29 is 22.1 Å². The average Bonchev–Trinajstić information content (AvgIpc) is 3.12. The molecule has 3 aromatic rings. The molecule has 0 fully saturated rings. The van der Waals surface area contributed by atoms with E-state index < -0.39 is 15.8 Å². The van der Waals surface area contributed by atoms with Gasteiger partial charge in [0.05, 0.1) is 17.6 Å². The minimum absolute atomic E-state index is 0.00152. The third-order valence-electron chi connectivity index (χ3n) is 3.89. The Morgan fingerprint density at radius 1 is 1.22 bits per heavy atom. The van der Waals surface area contributed by atoms with Crippen molar-refractivity contribution in [2.24, 2.45) is 0 Å². The molecular formula is C18H18FN3O4S. The van der Waals surface area contributed by atoms with Crippen molar-refractivity contribution in [1.82, 2.24) is 14.9 Å². The van der Waals surface area contributed by atoms with E-state index in [1.165, 1.54) is 19.1 Å². The molecule has 0 atom stereocenters. The van der Waals surface area contributed by atoms with Crippen LogP contribution in [-0.4, -0.2) is 32.2 Å². The van der Waals surface area contributed by atoms with Gasteiger partial charge in [-0.25, -0.2) is 17.5 Å². The molecule has 142 valence electrons. The third-order valence-corrected chi connectivity index (χ3v) is 5.35. The van der Waals surface area contributed by atoms with Crippen LogP contribution in [-0.2, 0) is 16.4 Å². The molecule has 0 saturated carbocycles. The van der Waals surface area contributed by atoms with Crippen LogP contribution < -0.4 is 9.46 Å². The maximum atomic E-state index is 13.3. The van der Waals surface area contributed by atoms with Crippen LogP contribution in [0, 0.1) is 12.7 Å². The number of hydrogen-bond donors (Lipinski definition) is 1. The quantitative estimate of drug-likeness (QED) is 0.666. The highest BCUT2D eigenvalue weighted by Crippen LogP contribution is 2.27. The monoisotopic (exact) mass is 391 g/mol. The summed E-state index contributed by atoms with van der Waals surface area (Å²) in [5.74, 6) is 0.800. The van der Waals surface area contributed by atoms with Crippen LogP contribution in [0.25, 0.3) is 11.4 Å². The van der Waals surface area contributed by atoms with Crippen molar-refractivity contribution in [3.8, 4) is 17.1 Å². The Morgan fingerprint density at radius 2 is 2.00 bits per heavy atom. The molecule has 9 heteroatoms. The molecule has 1 heterocycles. The molecule has 7 nitrogen and oxygen atoms in total. The molecule has 1 N–H and O–H groups in total. The number of aromatic nitrogens is 2. The second-order valence-corrected chi connectivity index (χ2v) is 7.54. The van der Waals surface area contributed by atoms with Gasteiger partial charge in [0.2, 0.25) is 21.7 Å². The van der Waals surface area contributed by atoms with E-state index in [4.69, 9.17) is 9.26 Å². The first-order valence-corrected chi connectivity index (χ1v) is 9.61. The summed E-state index contributed by atoms with van der Waals surface area (Å²) in [6.45, 7) is 1.57. The van der Waals surface area contributed by atoms with Gasteiger partial charge in [0.25, 0.3) is 0 Å². The molecule has 27 heavy (non-hydrogen) atoms. The summed E-state index contributed by atoms with van der Waals surface area (Å²) in [5, 5.41) is 3.90. The number of methoxy groups -OCH3 is 1. The first-order valence-electron chi connectivity index (χ1n) is 8.12. The second kappa shape index (κ2) is 7.85. The standard InChI is InChI=1S/C18H18FN3O4S/c1-12-11-13(7-8-15(12)19)27(23,24)20-10-9-17-21-18(22-26-17)14-5-3-4-6-16(14)25-2/h3-8,11,20H,9-10H2,1-2H3. The SMILES string of the molecule is COc1ccccc1-c1noc(CCNS(=O)(=O)c2ccc(F)c(C)c2)n1. The van der Waals surface area contributed by atoms with E-state index in [1.807, 2.05) is 12.1 Å². The number of sulfonamides is 1. The lowest BCUT2D eigenvalue weighted by Crippen LogP contribution is -2.26. The Hall–Kier alpha value is -2.78. The smallest absolute Gasteiger partial charge is 0.240 e. The van der Waals surface area contributed by atoms with E-state index in [1.54, 1.807) is 19.2 Å². The molecule has 3 rings (SSSR count). The van der Waals surface area contributed by atoms with Gasteiger partial charge in [0.15, 0.2) is 0 Å². The lowest BCUT2D eigenvalue weighted by molar-refractivity contribution is 0.378. The molecule has 0 aliphatic heterocycles. The first kappa shape index (κ1) is 19.0. The third kappa shape index (κ3) is 4.32. The highest BCUT2D eigenvalue weighted by Gasteiger charge is 2.17. The molecule has 0 radical (unpaired) electrons. The molecule has 1 aromatic heterocycles. The summed E-state index contributed by atoms with van der Waals surface area (Å²) in [7, 11) is -2.20. The van der Waals surface area contributed by atoms with Gasteiger partial charge in [0.1, 0.15) is 11.6 Å². The fourth-order valence-electron chi connectivity index (χ4n) is 2.46. The van der Waals surface area contributed by atoms with E-state index in [2.05, 4.69) is 14.9 Å². The molecule has 2 aromatic carbocycles. The normalized spacial score (nSPS) is 11.5. The minimum Gasteiger partial charge on any atom is -0.496 e. The zero-order valence-corrected chi connectivity index (χ0v) is 15.6. The Morgan fingerprint density at radius 3 is 2.74 bits per heavy atom. The van der Waals surface area contributed by atoms with Gasteiger partial charge in [-0.3, -0.25) is 0 Å². The Labute approximate surface area is 156 Å². The summed E-state index contributed by atoms with van der Waals surface area (Å²) >= 11 is 0. The van der Waals surface area contributed by atoms with Crippen LogP contribution in [0.2, 0.25) is 0 Å². The van der Waals surface area contributed by atoms with Crippen LogP contribution in [0.5, 0.6) is 5.75 Å². The largest absolute Gasteiger partial charge is 0.496 e. The number of halogens is 1. The first-order chi connectivity index (χ1) is 12.9. The predicted octanol–water partition coefficient (Wildman–Crippen LogP) is 2.71. The summed E-state index contributed by atoms with van der Waals surface area (Å²) in [5.41, 5.74) is 0.939. The Bertz CT molecular complexity index is 1050. The van der Waals surface area contributed by atoms with Gasteiger partial charge in [-0.15, -0.1) is 0 Å². The summed E-state index contributed by atoms with van der Waals surface area (Å²) in [6, 6.07) is 10.9. The van der Waals surface area contributed by atoms with Crippen molar-refractivity contribution in [2.75, 3.05) is 13.7 Å². The number of nitrogens with zero attached hydrogens (tertiary/aromatic N) is 2. The molecule has 0 spiro atoms. The van der Waals surface area contributed by atoms with Gasteiger partial charge < -0.3 is 9.26 Å². The highest BCUT2D eigenvalue weighted by atomic mass is 32.2. The summed E-state index contributed by atoms with van der Waals surface area (Å²) < 4.78 is 50.7. The van der Waals surface area contributed by atoms with E-state index in [9.17, 15) is 12.8 Å². The van der Waals surface area contributed by atoms with E-state index >= 15 is 0 Å². The molecule has 0 aliphatic rings. The maximum absolute atomic E-state index is 13.3. The number of benzene rings is 2. The van der Waals surface area contributed by atoms with Crippen LogP contribution >= 0.6 is 0 Å². The van der Waals surface area contributed by atoms with Gasteiger partial charge in [-0.05, 0) is 42.8 Å². The number of hydrogen-bond acceptors (Lipinski definition) is 6. The van der Waals surface area contributed by atoms with E-state index in [-0.39, 0.29) is 29.3 Å². The molecule has 0 aliphatic carbocycles. The Balaban J connectivity index is 1.66. The molecule has 0 amide bonds. The number of ether oxygens (including phenoxy) is 1. The number of para-hydroxylation sites is 1. The zero-order valence-electron chi connectivity index (χ0n) is 14.8. The lowest BCUT2D eigenvalue weighted by Gasteiger charge is -2.06. The molecule has 0 bridgehead atoms. The number of nitrogens with one attached hydrogen (secondary N) is 1. The topological polar surface area (TPSA) is 94.3 Å². The van der Waals surface area contributed by atoms with Crippen molar-refractivity contribution in [2.45, 2.75) is 18.2 Å². The van der Waals surface area contributed by atoms with Crippen LogP contribution in [0.3, 0.4) is 0 Å². The van der Waals surface area contributed by atoms with Gasteiger partial charge >= 0.3 is 0 Å². The fourth-order valence-corrected chi connectivity index (χ4v) is 3.57. The molecular weight excluding hydrogens is 373 g/mol. The van der Waals surface area contributed by atoms with Gasteiger partial charge in [0, 0.05) is 13.0 Å². The van der Waals surface area contributed by atoms with Gasteiger partial charge in [-0.1, -0.05) is 17.3 Å². The summed E-state index contributed by atoms with van der Waals surface area (Å²) in [6.07, 6.45) is 0.210. The van der Waals surface area contributed by atoms with E-state index in [0.717, 1.165) is 6.07 Å². The molecule has 0 unspecified atom stereocenters. The number of aryl methyl sites for hydroxylation is 1. The van der Waals surface area contributed by atoms with Crippen molar-refractivity contribution >= 4 is 10.0 Å². The zero-order chi connectivity index (χ0) is 19.4. The van der Waals surface area contributed by atoms with Crippen molar-refractivity contribution in [3.05, 3.63) is 59.7 Å². The Kier molecular flexibility index (Phi) is 5.52. The van der Waals surface area contributed by atoms with Crippen LogP contribution in [0.1, 0.15) is 11.5 Å². The van der Waals surface area contributed by atoms with Crippen molar-refractivity contribution in [3.63, 3.8) is 0 Å². The maximum Gasteiger partial charge on any atom is 0.240 e. The molecule has 0 saturated heterocycles. The average molecular weight is 391 g/mol. The number of rotatable bonds is 7. The van der Waals surface area contributed by atoms with Crippen molar-refractivity contribution in [1.29, 1.82) is 0 Å². The van der Waals surface area contributed by atoms with Crippen LogP contribution in [0.15, 0.2) is 51.9 Å².